The number of carbonyl (C=O) groups excluding carboxylic acids is 1. The van der Waals surface area contributed by atoms with Gasteiger partial charge >= 0.3 is 6.01 Å². The molecule has 0 radical (unpaired) electrons. The first kappa shape index (κ1) is 35.1. The van der Waals surface area contributed by atoms with Gasteiger partial charge in [-0.25, -0.2) is 0 Å². The van der Waals surface area contributed by atoms with Crippen LogP contribution in [0.15, 0.2) is 48.6 Å². The number of ether oxygens (including phenoxy) is 1. The molecule has 4 fully saturated rings. The predicted octanol–water partition coefficient (Wildman–Crippen LogP) is 4.59. The molecule has 52 heavy (non-hydrogen) atoms. The summed E-state index contributed by atoms with van der Waals surface area (Å²) in [6.45, 7) is 10.8. The average Bonchev–Trinajstić information content (AvgIpc) is 3.75. The van der Waals surface area contributed by atoms with Crippen LogP contribution in [0, 0.1) is 11.3 Å². The van der Waals surface area contributed by atoms with Crippen molar-refractivity contribution in [1.29, 1.82) is 5.26 Å². The van der Waals surface area contributed by atoms with E-state index in [-0.39, 0.29) is 23.9 Å². The zero-order valence-electron chi connectivity index (χ0n) is 30.4. The molecule has 11 nitrogen and oxygen atoms in total. The number of nitrogens with zero attached hydrogens (tertiary/aromatic N) is 9. The van der Waals surface area contributed by atoms with E-state index in [4.69, 9.17) is 26.3 Å². The Morgan fingerprint density at radius 1 is 1.00 bits per heavy atom. The van der Waals surface area contributed by atoms with Crippen LogP contribution < -0.4 is 14.5 Å². The van der Waals surface area contributed by atoms with E-state index in [2.05, 4.69) is 61.9 Å². The van der Waals surface area contributed by atoms with E-state index in [1.165, 1.54) is 12.8 Å². The maximum Gasteiger partial charge on any atom is 0.318 e. The molecule has 12 heteroatoms. The summed E-state index contributed by atoms with van der Waals surface area (Å²) in [6.07, 6.45) is 9.43. The minimum atomic E-state index is -0.239. The summed E-state index contributed by atoms with van der Waals surface area (Å²) in [6, 6.07) is 14.9. The molecule has 0 aliphatic carbocycles. The molecule has 2 aromatic carbocycles. The number of benzene rings is 2. The summed E-state index contributed by atoms with van der Waals surface area (Å²) < 4.78 is 6.59. The van der Waals surface area contributed by atoms with Gasteiger partial charge in [-0.2, -0.15) is 15.2 Å². The molecular formula is C40H50ClN9O2. The van der Waals surface area contributed by atoms with Crippen molar-refractivity contribution in [3.8, 4) is 12.1 Å². The lowest BCUT2D eigenvalue weighted by atomic mass is 9.95. The second-order valence-electron chi connectivity index (χ2n) is 15.2. The molecule has 4 saturated heterocycles. The van der Waals surface area contributed by atoms with E-state index in [9.17, 15) is 10.1 Å². The zero-order valence-corrected chi connectivity index (χ0v) is 31.1. The van der Waals surface area contributed by atoms with Crippen LogP contribution in [-0.4, -0.2) is 133 Å². The Labute approximate surface area is 312 Å². The second-order valence-corrected chi connectivity index (χ2v) is 15.7. The van der Waals surface area contributed by atoms with E-state index < -0.39 is 0 Å². The number of likely N-dealkylation sites (N-methyl/N-ethyl adjacent to an activating group) is 1. The van der Waals surface area contributed by atoms with E-state index in [0.29, 0.717) is 38.8 Å². The summed E-state index contributed by atoms with van der Waals surface area (Å²) in [5.41, 5.74) is 3.26. The summed E-state index contributed by atoms with van der Waals surface area (Å²) in [7, 11) is 2.15. The number of anilines is 2. The number of amides is 1. The number of rotatable bonds is 9. The molecule has 3 aromatic rings. The third kappa shape index (κ3) is 7.06. The summed E-state index contributed by atoms with van der Waals surface area (Å²) in [5.74, 6) is 0.854. The molecular weight excluding hydrogens is 674 g/mol. The highest BCUT2D eigenvalue weighted by atomic mass is 35.5. The number of hydrogen-bond donors (Lipinski definition) is 0. The van der Waals surface area contributed by atoms with Gasteiger partial charge in [0, 0.05) is 81.6 Å². The van der Waals surface area contributed by atoms with Crippen molar-refractivity contribution in [1.82, 2.24) is 29.6 Å². The Balaban J connectivity index is 1.05. The van der Waals surface area contributed by atoms with Crippen LogP contribution in [0.3, 0.4) is 0 Å². The van der Waals surface area contributed by atoms with Crippen molar-refractivity contribution in [3.63, 3.8) is 0 Å². The van der Waals surface area contributed by atoms with Crippen molar-refractivity contribution < 1.29 is 9.53 Å². The molecule has 0 saturated carbocycles. The first-order valence-corrected chi connectivity index (χ1v) is 19.5. The van der Waals surface area contributed by atoms with Crippen molar-refractivity contribution in [3.05, 3.63) is 64.8 Å². The van der Waals surface area contributed by atoms with Gasteiger partial charge in [0.2, 0.25) is 5.91 Å². The van der Waals surface area contributed by atoms with Crippen LogP contribution in [0.2, 0.25) is 5.02 Å². The van der Waals surface area contributed by atoms with Gasteiger partial charge < -0.3 is 24.3 Å². The maximum absolute atomic E-state index is 13.5. The molecule has 1 aromatic heterocycles. The minimum absolute atomic E-state index is 0.0240. The van der Waals surface area contributed by atoms with Gasteiger partial charge in [0.05, 0.1) is 41.3 Å². The largest absolute Gasteiger partial charge is 0.461 e. The van der Waals surface area contributed by atoms with Crippen LogP contribution in [0.4, 0.5) is 11.5 Å². The normalized spacial score (nSPS) is 22.6. The van der Waals surface area contributed by atoms with Crippen molar-refractivity contribution in [2.24, 2.45) is 0 Å². The summed E-state index contributed by atoms with van der Waals surface area (Å²) in [5, 5.41) is 12.8. The zero-order chi connectivity index (χ0) is 35.7. The van der Waals surface area contributed by atoms with E-state index >= 15 is 0 Å². The molecule has 0 spiro atoms. The highest BCUT2D eigenvalue weighted by Crippen LogP contribution is 2.40. The van der Waals surface area contributed by atoms with Crippen molar-refractivity contribution in [2.75, 3.05) is 95.4 Å². The lowest BCUT2D eigenvalue weighted by molar-refractivity contribution is -0.128. The third-order valence-electron chi connectivity index (χ3n) is 12.1. The quantitative estimate of drug-likeness (QED) is 0.292. The van der Waals surface area contributed by atoms with Crippen LogP contribution >= 0.6 is 11.6 Å². The second kappa shape index (κ2) is 15.2. The van der Waals surface area contributed by atoms with Crippen LogP contribution in [-0.2, 0) is 17.8 Å². The molecule has 0 unspecified atom stereocenters. The summed E-state index contributed by atoms with van der Waals surface area (Å²) in [4.78, 5) is 37.6. The monoisotopic (exact) mass is 723 g/mol. The number of nitriles is 1. The fourth-order valence-electron chi connectivity index (χ4n) is 9.17. The fraction of sp³-hybridized carbons (Fsp3) is 0.550. The smallest absolute Gasteiger partial charge is 0.318 e. The Kier molecular flexibility index (Phi) is 10.3. The van der Waals surface area contributed by atoms with Gasteiger partial charge in [0.25, 0.3) is 0 Å². The molecule has 6 heterocycles. The standard InChI is InChI=1S/C40H50ClN9O2/c1-45-21-23-46(24-22-45)17-4-11-36(51)50-26-25-48(27-31(50)12-16-42)38-32-13-20-47(35-10-3-8-30-7-2-9-33(41)37(30)35)28-34(32)43-39(44-38)52-29-40-14-5-18-49(40)19-6-15-40/h2-4,7-11,31H,5-6,12-15,17-29H2,1H3/b11-4+/t31-/m0/s1. The van der Waals surface area contributed by atoms with E-state index in [1.807, 2.05) is 23.1 Å². The highest BCUT2D eigenvalue weighted by Gasteiger charge is 2.45. The molecule has 5 aliphatic heterocycles. The van der Waals surface area contributed by atoms with Crippen molar-refractivity contribution >= 4 is 39.8 Å². The van der Waals surface area contributed by atoms with E-state index in [0.717, 1.165) is 110 Å². The molecule has 1 atom stereocenters. The molecule has 0 N–H and O–H groups in total. The SMILES string of the molecule is CN1CCN(C/C=C/C(=O)N2CCN(c3nc(OCC45CCCN4CCC5)nc4c3CCN(c3cccc5cccc(Cl)c35)C4)C[C@@H]2CC#N)CC1. The number of hydrogen-bond acceptors (Lipinski definition) is 10. The van der Waals surface area contributed by atoms with E-state index in [1.54, 1.807) is 6.08 Å². The van der Waals surface area contributed by atoms with Crippen LogP contribution in [0.5, 0.6) is 6.01 Å². The highest BCUT2D eigenvalue weighted by molar-refractivity contribution is 6.36. The van der Waals surface area contributed by atoms with Gasteiger partial charge in [-0.1, -0.05) is 41.9 Å². The number of halogens is 1. The Morgan fingerprint density at radius 3 is 2.58 bits per heavy atom. The number of aromatic nitrogens is 2. The number of carbonyl (C=O) groups is 1. The molecule has 0 bridgehead atoms. The topological polar surface area (TPSA) is 95.3 Å². The first-order valence-electron chi connectivity index (χ1n) is 19.1. The number of piperazine rings is 2. The third-order valence-corrected chi connectivity index (χ3v) is 12.4. The lowest BCUT2D eigenvalue weighted by Gasteiger charge is -2.42. The van der Waals surface area contributed by atoms with Gasteiger partial charge in [-0.05, 0) is 69.8 Å². The Bertz CT molecular complexity index is 1840. The van der Waals surface area contributed by atoms with Gasteiger partial charge in [0.1, 0.15) is 12.4 Å². The van der Waals surface area contributed by atoms with Gasteiger partial charge in [-0.3, -0.25) is 14.6 Å². The molecule has 5 aliphatic rings. The van der Waals surface area contributed by atoms with Crippen LogP contribution in [0.25, 0.3) is 10.8 Å². The van der Waals surface area contributed by atoms with Crippen molar-refractivity contribution in [2.45, 2.75) is 56.7 Å². The molecule has 8 rings (SSSR count). The average molecular weight is 724 g/mol. The molecule has 274 valence electrons. The predicted molar refractivity (Wildman–Crippen MR) is 205 cm³/mol. The Hall–Kier alpha value is -3.95. The lowest BCUT2D eigenvalue weighted by Crippen LogP contribution is -2.55. The fourth-order valence-corrected chi connectivity index (χ4v) is 9.45. The minimum Gasteiger partial charge on any atom is -0.461 e. The number of fused-ring (bicyclic) bond motifs is 3. The maximum atomic E-state index is 13.5. The Morgan fingerprint density at radius 2 is 1.79 bits per heavy atom. The first-order chi connectivity index (χ1) is 25.4. The summed E-state index contributed by atoms with van der Waals surface area (Å²) >= 11 is 6.78. The van der Waals surface area contributed by atoms with Gasteiger partial charge in [-0.15, -0.1) is 0 Å². The van der Waals surface area contributed by atoms with Crippen LogP contribution in [0.1, 0.15) is 43.4 Å². The van der Waals surface area contributed by atoms with Gasteiger partial charge in [0.15, 0.2) is 0 Å². The molecule has 1 amide bonds.